The minimum atomic E-state index is -3.68. The first-order valence-corrected chi connectivity index (χ1v) is 14.0. The van der Waals surface area contributed by atoms with Crippen molar-refractivity contribution in [3.8, 4) is 16.9 Å². The Labute approximate surface area is 228 Å². The van der Waals surface area contributed by atoms with Gasteiger partial charge in [0.2, 0.25) is 0 Å². The topological polar surface area (TPSA) is 135 Å². The highest BCUT2D eigenvalue weighted by molar-refractivity contribution is 7.90. The number of halogens is 2. The summed E-state index contributed by atoms with van der Waals surface area (Å²) in [5, 5.41) is 19.0. The van der Waals surface area contributed by atoms with E-state index in [-0.39, 0.29) is 34.5 Å². The fraction of sp³-hybridized carbons (Fsp3) is 0.360. The van der Waals surface area contributed by atoms with Gasteiger partial charge in [0.05, 0.1) is 43.8 Å². The van der Waals surface area contributed by atoms with Crippen LogP contribution in [0.3, 0.4) is 0 Å². The van der Waals surface area contributed by atoms with Gasteiger partial charge in [0.1, 0.15) is 22.3 Å². The molecule has 1 N–H and O–H groups in total. The summed E-state index contributed by atoms with van der Waals surface area (Å²) in [7, 11) is -0.632. The van der Waals surface area contributed by atoms with Gasteiger partial charge in [0.25, 0.3) is 5.92 Å². The fourth-order valence-corrected chi connectivity index (χ4v) is 5.66. The standard InChI is InChI=1S/C25H27F2N7O5S/c1-14-8-17(31(3)29-14)11-33(24(35)36)21-10-20(32-12-25(26,27)13-32)28-23-22(15(2)30-34(21)23)16-6-7-18(39-4)19(9-16)40(5,37)38/h6-10H,11-13H2,1-5H3,(H,35,36). The average Bonchev–Trinajstić information content (AvgIpc) is 3.35. The molecule has 0 spiro atoms. The van der Waals surface area contributed by atoms with Crippen LogP contribution >= 0.6 is 0 Å². The number of nitrogens with zero attached hydrogens (tertiary/aromatic N) is 7. The van der Waals surface area contributed by atoms with E-state index < -0.39 is 34.9 Å². The Morgan fingerprint density at radius 3 is 2.42 bits per heavy atom. The van der Waals surface area contributed by atoms with Crippen LogP contribution < -0.4 is 14.5 Å². The van der Waals surface area contributed by atoms with Gasteiger partial charge < -0.3 is 14.7 Å². The molecule has 0 unspecified atom stereocenters. The summed E-state index contributed by atoms with van der Waals surface area (Å²) >= 11 is 0. The molecule has 40 heavy (non-hydrogen) atoms. The molecule has 0 radical (unpaired) electrons. The quantitative estimate of drug-likeness (QED) is 0.352. The molecule has 1 aliphatic heterocycles. The molecule has 0 saturated carbocycles. The van der Waals surface area contributed by atoms with Crippen LogP contribution in [0.4, 0.5) is 25.2 Å². The molecule has 1 aliphatic rings. The van der Waals surface area contributed by atoms with Crippen molar-refractivity contribution in [2.45, 2.75) is 31.2 Å². The van der Waals surface area contributed by atoms with E-state index in [1.165, 1.54) is 34.7 Å². The summed E-state index contributed by atoms with van der Waals surface area (Å²) in [6, 6.07) is 7.72. The lowest BCUT2D eigenvalue weighted by Gasteiger charge is -2.39. The van der Waals surface area contributed by atoms with Crippen molar-refractivity contribution in [2.75, 3.05) is 36.3 Å². The van der Waals surface area contributed by atoms with Crippen molar-refractivity contribution in [3.05, 3.63) is 47.4 Å². The summed E-state index contributed by atoms with van der Waals surface area (Å²) < 4.78 is 60.7. The van der Waals surface area contributed by atoms with E-state index in [4.69, 9.17) is 4.74 Å². The molecule has 5 rings (SSSR count). The van der Waals surface area contributed by atoms with Crippen LogP contribution in [-0.4, -0.2) is 76.4 Å². The lowest BCUT2D eigenvalue weighted by molar-refractivity contribution is -0.0266. The second-order valence-corrected chi connectivity index (χ2v) is 11.8. The Bertz CT molecular complexity index is 1760. The lowest BCUT2D eigenvalue weighted by atomic mass is 10.1. The highest BCUT2D eigenvalue weighted by Gasteiger charge is 2.45. The number of fused-ring (bicyclic) bond motifs is 1. The molecule has 1 fully saturated rings. The van der Waals surface area contributed by atoms with Crippen LogP contribution in [0.2, 0.25) is 0 Å². The maximum Gasteiger partial charge on any atom is 0.413 e. The van der Waals surface area contributed by atoms with Crippen molar-refractivity contribution in [1.29, 1.82) is 0 Å². The van der Waals surface area contributed by atoms with Crippen molar-refractivity contribution in [1.82, 2.24) is 24.4 Å². The maximum atomic E-state index is 13.8. The Hall–Kier alpha value is -4.27. The fourth-order valence-electron chi connectivity index (χ4n) is 4.80. The van der Waals surface area contributed by atoms with E-state index >= 15 is 0 Å². The zero-order valence-corrected chi connectivity index (χ0v) is 23.2. The van der Waals surface area contributed by atoms with E-state index in [0.717, 1.165) is 11.2 Å². The maximum absolute atomic E-state index is 13.8. The zero-order valence-electron chi connectivity index (χ0n) is 22.4. The zero-order chi connectivity index (χ0) is 29.1. The van der Waals surface area contributed by atoms with Gasteiger partial charge in [-0.2, -0.15) is 14.7 Å². The number of benzene rings is 1. The minimum Gasteiger partial charge on any atom is -0.495 e. The highest BCUT2D eigenvalue weighted by atomic mass is 32.2. The average molecular weight is 576 g/mol. The molecule has 4 aromatic rings. The van der Waals surface area contributed by atoms with Crippen molar-refractivity contribution in [2.24, 2.45) is 7.05 Å². The van der Waals surface area contributed by atoms with Crippen LogP contribution in [-0.2, 0) is 23.4 Å². The van der Waals surface area contributed by atoms with E-state index in [9.17, 15) is 27.1 Å². The Morgan fingerprint density at radius 2 is 1.88 bits per heavy atom. The lowest BCUT2D eigenvalue weighted by Crippen LogP contribution is -2.56. The van der Waals surface area contributed by atoms with E-state index in [0.29, 0.717) is 28.2 Å². The smallest absolute Gasteiger partial charge is 0.413 e. The molecular weight excluding hydrogens is 548 g/mol. The number of carbonyl (C=O) groups is 1. The molecule has 0 atom stereocenters. The molecule has 1 amide bonds. The van der Waals surface area contributed by atoms with Crippen molar-refractivity contribution in [3.63, 3.8) is 0 Å². The number of hydrogen-bond donors (Lipinski definition) is 1. The monoisotopic (exact) mass is 575 g/mol. The van der Waals surface area contributed by atoms with Crippen LogP contribution in [0.25, 0.3) is 16.8 Å². The van der Waals surface area contributed by atoms with E-state index in [1.807, 2.05) is 0 Å². The van der Waals surface area contributed by atoms with Crippen molar-refractivity contribution >= 4 is 33.2 Å². The number of hydrogen-bond acceptors (Lipinski definition) is 8. The van der Waals surface area contributed by atoms with Crippen LogP contribution in [0.1, 0.15) is 17.1 Å². The molecule has 1 aromatic carbocycles. The second kappa shape index (κ2) is 9.43. The number of amides is 1. The largest absolute Gasteiger partial charge is 0.495 e. The molecular formula is C25H27F2N7O5S. The number of sulfone groups is 1. The SMILES string of the molecule is COc1ccc(-c2c(C)nn3c(N(Cc4cc(C)nn4C)C(=O)O)cc(N4CC(F)(F)C4)nc23)cc1S(C)(=O)=O. The van der Waals surface area contributed by atoms with Gasteiger partial charge >= 0.3 is 6.09 Å². The molecule has 0 bridgehead atoms. The summed E-state index contributed by atoms with van der Waals surface area (Å²) in [5.74, 6) is -2.53. The first-order valence-electron chi connectivity index (χ1n) is 12.1. The number of rotatable bonds is 7. The first-order chi connectivity index (χ1) is 18.7. The number of aryl methyl sites for hydroxylation is 3. The van der Waals surface area contributed by atoms with Gasteiger partial charge in [-0.15, -0.1) is 0 Å². The number of aromatic nitrogens is 5. The molecule has 212 valence electrons. The third kappa shape index (κ3) is 4.80. The van der Waals surface area contributed by atoms with Gasteiger partial charge in [-0.05, 0) is 37.6 Å². The number of methoxy groups -OCH3 is 1. The van der Waals surface area contributed by atoms with E-state index in [1.54, 1.807) is 37.7 Å². The summed E-state index contributed by atoms with van der Waals surface area (Å²) in [6.45, 7) is 2.20. The number of alkyl halides is 2. The molecule has 1 saturated heterocycles. The third-order valence-corrected chi connectivity index (χ3v) is 7.80. The van der Waals surface area contributed by atoms with E-state index in [2.05, 4.69) is 15.2 Å². The summed E-state index contributed by atoms with van der Waals surface area (Å²) in [5.41, 5.74) is 2.75. The Morgan fingerprint density at radius 1 is 1.18 bits per heavy atom. The molecule has 15 heteroatoms. The number of anilines is 2. The Kier molecular flexibility index (Phi) is 6.44. The third-order valence-electron chi connectivity index (χ3n) is 6.68. The molecule has 3 aromatic heterocycles. The van der Waals surface area contributed by atoms with Crippen LogP contribution in [0, 0.1) is 13.8 Å². The first kappa shape index (κ1) is 27.3. The summed E-state index contributed by atoms with van der Waals surface area (Å²) in [4.78, 5) is 19.5. The Balaban J connectivity index is 1.74. The second-order valence-electron chi connectivity index (χ2n) is 9.79. The number of carboxylic acid groups (broad SMARTS) is 1. The van der Waals surface area contributed by atoms with Crippen molar-refractivity contribution < 1.29 is 31.8 Å². The van der Waals surface area contributed by atoms with Gasteiger partial charge in [-0.1, -0.05) is 6.07 Å². The predicted octanol–water partition coefficient (Wildman–Crippen LogP) is 3.30. The molecule has 4 heterocycles. The van der Waals surface area contributed by atoms with Crippen LogP contribution in [0.5, 0.6) is 5.75 Å². The van der Waals surface area contributed by atoms with Crippen LogP contribution in [0.15, 0.2) is 35.2 Å². The highest BCUT2D eigenvalue weighted by Crippen LogP contribution is 2.38. The number of ether oxygens (including phenoxy) is 1. The van der Waals surface area contributed by atoms with Gasteiger partial charge in [0.15, 0.2) is 15.5 Å². The molecule has 0 aliphatic carbocycles. The normalized spacial score (nSPS) is 14.8. The predicted molar refractivity (Wildman–Crippen MR) is 142 cm³/mol. The van der Waals surface area contributed by atoms with Gasteiger partial charge in [-0.3, -0.25) is 9.58 Å². The van der Waals surface area contributed by atoms with Gasteiger partial charge in [0, 0.05) is 24.9 Å². The minimum absolute atomic E-state index is 0.0521. The molecule has 12 nitrogen and oxygen atoms in total. The van der Waals surface area contributed by atoms with Gasteiger partial charge in [-0.25, -0.2) is 27.0 Å². The summed E-state index contributed by atoms with van der Waals surface area (Å²) in [6.07, 6.45) is -0.245.